The minimum atomic E-state index is -3.26. The van der Waals surface area contributed by atoms with Gasteiger partial charge in [-0.1, -0.05) is 17.7 Å². The Balaban J connectivity index is 2.32. The molecule has 0 saturated heterocycles. The molecule has 0 unspecified atom stereocenters. The fourth-order valence-electron chi connectivity index (χ4n) is 3.03. The van der Waals surface area contributed by atoms with E-state index in [0.717, 1.165) is 41.3 Å². The number of nitrogens with one attached hydrogen (secondary N) is 1. The van der Waals surface area contributed by atoms with Gasteiger partial charge in [0.2, 0.25) is 10.0 Å². The molecule has 150 valence electrons. The summed E-state index contributed by atoms with van der Waals surface area (Å²) in [6.45, 7) is 4.01. The zero-order chi connectivity index (χ0) is 20.2. The van der Waals surface area contributed by atoms with Crippen LogP contribution in [0.5, 0.6) is 0 Å². The van der Waals surface area contributed by atoms with E-state index in [0.29, 0.717) is 5.15 Å². The number of pyridine rings is 1. The number of unbranched alkanes of at least 4 members (excludes halogenated alkanes) is 1. The van der Waals surface area contributed by atoms with Crippen molar-refractivity contribution in [3.8, 4) is 0 Å². The zero-order valence-electron chi connectivity index (χ0n) is 16.2. The first-order chi connectivity index (χ1) is 12.6. The number of sulfonamides is 1. The van der Waals surface area contributed by atoms with Crippen molar-refractivity contribution >= 4 is 38.1 Å². The highest BCUT2D eigenvalue weighted by Gasteiger charge is 2.24. The van der Waals surface area contributed by atoms with Gasteiger partial charge in [0.1, 0.15) is 5.15 Å². The topological polar surface area (TPSA) is 82.5 Å². The first-order valence-corrected chi connectivity index (χ1v) is 11.2. The smallest absolute Gasteiger partial charge is 0.211 e. The first kappa shape index (κ1) is 21.9. The maximum absolute atomic E-state index is 11.8. The predicted molar refractivity (Wildman–Crippen MR) is 112 cm³/mol. The van der Waals surface area contributed by atoms with Gasteiger partial charge in [0.25, 0.3) is 0 Å². The normalized spacial score (nSPS) is 14.5. The molecule has 2 aromatic rings. The van der Waals surface area contributed by atoms with Gasteiger partial charge in [0, 0.05) is 43.0 Å². The van der Waals surface area contributed by atoms with Crippen LogP contribution in [0.1, 0.15) is 32.3 Å². The lowest BCUT2D eigenvalue weighted by molar-refractivity contribution is 0.284. The van der Waals surface area contributed by atoms with E-state index in [4.69, 9.17) is 16.7 Å². The molecule has 0 radical (unpaired) electrons. The number of rotatable bonds is 9. The molecule has 0 aliphatic rings. The molecule has 1 aromatic heterocycles. The van der Waals surface area contributed by atoms with Crippen LogP contribution < -0.4 is 5.32 Å². The van der Waals surface area contributed by atoms with Gasteiger partial charge in [0.15, 0.2) is 0 Å². The number of halogens is 1. The first-order valence-electron chi connectivity index (χ1n) is 9.02. The largest absolute Gasteiger partial charge is 0.396 e. The SMILES string of the molecule is C[C@@H](Nc1ccc(CCCCO)c2cc(Cl)ncc12)[C@H](C)N(C)S(C)(=O)=O. The van der Waals surface area contributed by atoms with Crippen LogP contribution in [0.15, 0.2) is 24.4 Å². The highest BCUT2D eigenvalue weighted by Crippen LogP contribution is 2.30. The number of likely N-dealkylation sites (N-methyl/N-ethyl adjacent to an activating group) is 1. The van der Waals surface area contributed by atoms with Gasteiger partial charge in [-0.3, -0.25) is 0 Å². The van der Waals surface area contributed by atoms with Crippen molar-refractivity contribution in [3.05, 3.63) is 35.1 Å². The van der Waals surface area contributed by atoms with E-state index in [1.54, 1.807) is 13.2 Å². The molecule has 0 fully saturated rings. The number of anilines is 1. The molecule has 0 bridgehead atoms. The summed E-state index contributed by atoms with van der Waals surface area (Å²) in [5, 5.41) is 14.8. The lowest BCUT2D eigenvalue weighted by Gasteiger charge is -2.29. The maximum atomic E-state index is 11.8. The van der Waals surface area contributed by atoms with Crippen LogP contribution >= 0.6 is 11.6 Å². The van der Waals surface area contributed by atoms with Crippen molar-refractivity contribution in [1.29, 1.82) is 0 Å². The minimum Gasteiger partial charge on any atom is -0.396 e. The van der Waals surface area contributed by atoms with Gasteiger partial charge < -0.3 is 10.4 Å². The van der Waals surface area contributed by atoms with Crippen molar-refractivity contribution in [1.82, 2.24) is 9.29 Å². The summed E-state index contributed by atoms with van der Waals surface area (Å²) in [6.07, 6.45) is 5.45. The Morgan fingerprint density at radius 2 is 1.96 bits per heavy atom. The van der Waals surface area contributed by atoms with E-state index in [1.165, 1.54) is 10.6 Å². The Kier molecular flexibility index (Phi) is 7.45. The van der Waals surface area contributed by atoms with Crippen LogP contribution in [-0.4, -0.2) is 54.8 Å². The molecule has 0 aliphatic heterocycles. The van der Waals surface area contributed by atoms with Gasteiger partial charge in [-0.05, 0) is 56.2 Å². The quantitative estimate of drug-likeness (QED) is 0.487. The Morgan fingerprint density at radius 3 is 2.59 bits per heavy atom. The molecule has 0 aliphatic carbocycles. The van der Waals surface area contributed by atoms with Crippen LogP contribution in [0, 0.1) is 0 Å². The second-order valence-corrected chi connectivity index (χ2v) is 9.39. The number of hydrogen-bond donors (Lipinski definition) is 2. The second kappa shape index (κ2) is 9.19. The van der Waals surface area contributed by atoms with Crippen LogP contribution in [0.3, 0.4) is 0 Å². The molecule has 0 spiro atoms. The highest BCUT2D eigenvalue weighted by atomic mass is 35.5. The number of aliphatic hydroxyl groups is 1. The second-order valence-electron chi connectivity index (χ2n) is 6.96. The van der Waals surface area contributed by atoms with Crippen molar-refractivity contribution in [3.63, 3.8) is 0 Å². The number of aryl methyl sites for hydroxylation is 1. The summed E-state index contributed by atoms with van der Waals surface area (Å²) in [5.74, 6) is 0. The van der Waals surface area contributed by atoms with Crippen molar-refractivity contribution in [2.75, 3.05) is 25.2 Å². The molecule has 1 heterocycles. The van der Waals surface area contributed by atoms with Crippen LogP contribution in [0.25, 0.3) is 10.8 Å². The Labute approximate surface area is 166 Å². The third-order valence-corrected chi connectivity index (χ3v) is 6.60. The number of benzene rings is 1. The van der Waals surface area contributed by atoms with Crippen molar-refractivity contribution in [2.24, 2.45) is 0 Å². The van der Waals surface area contributed by atoms with Crippen LogP contribution in [0.2, 0.25) is 5.15 Å². The lowest BCUT2D eigenvalue weighted by Crippen LogP contribution is -2.44. The standard InChI is InChI=1S/C19H28ClN3O3S/c1-13(14(2)23(3)27(4,25)26)22-18-9-8-15(7-5-6-10-24)16-11-19(20)21-12-17(16)18/h8-9,11-14,22,24H,5-7,10H2,1-4H3/t13-,14+/m1/s1. The number of fused-ring (bicyclic) bond motifs is 1. The van der Waals surface area contributed by atoms with Gasteiger partial charge >= 0.3 is 0 Å². The summed E-state index contributed by atoms with van der Waals surface area (Å²) >= 11 is 6.11. The fourth-order valence-corrected chi connectivity index (χ4v) is 3.97. The molecule has 2 N–H and O–H groups in total. The lowest BCUT2D eigenvalue weighted by atomic mass is 9.99. The molecular weight excluding hydrogens is 386 g/mol. The van der Waals surface area contributed by atoms with E-state index in [2.05, 4.69) is 16.4 Å². The maximum Gasteiger partial charge on any atom is 0.211 e. The highest BCUT2D eigenvalue weighted by molar-refractivity contribution is 7.88. The molecule has 2 rings (SSSR count). The fraction of sp³-hybridized carbons (Fsp3) is 0.526. The van der Waals surface area contributed by atoms with Gasteiger partial charge in [0.05, 0.1) is 6.26 Å². The number of nitrogens with zero attached hydrogens (tertiary/aromatic N) is 2. The van der Waals surface area contributed by atoms with Crippen LogP contribution in [0.4, 0.5) is 5.69 Å². The van der Waals surface area contributed by atoms with Crippen molar-refractivity contribution < 1.29 is 13.5 Å². The Bertz CT molecular complexity index is 889. The molecule has 27 heavy (non-hydrogen) atoms. The molecule has 0 amide bonds. The Hall–Kier alpha value is -1.41. The zero-order valence-corrected chi connectivity index (χ0v) is 17.8. The van der Waals surface area contributed by atoms with E-state index >= 15 is 0 Å². The third-order valence-electron chi connectivity index (χ3n) is 5.02. The van der Waals surface area contributed by atoms with Gasteiger partial charge in [-0.2, -0.15) is 0 Å². The Morgan fingerprint density at radius 1 is 1.26 bits per heavy atom. The third kappa shape index (κ3) is 5.54. The number of hydrogen-bond acceptors (Lipinski definition) is 5. The minimum absolute atomic E-state index is 0.108. The van der Waals surface area contributed by atoms with E-state index < -0.39 is 10.0 Å². The molecule has 1 aromatic carbocycles. The summed E-state index contributed by atoms with van der Waals surface area (Å²) in [4.78, 5) is 4.21. The molecule has 8 heteroatoms. The monoisotopic (exact) mass is 413 g/mol. The molecular formula is C19H28ClN3O3S. The van der Waals surface area contributed by atoms with Crippen molar-refractivity contribution in [2.45, 2.75) is 45.2 Å². The summed E-state index contributed by atoms with van der Waals surface area (Å²) in [5.41, 5.74) is 2.04. The van der Waals surface area contributed by atoms with E-state index in [1.807, 2.05) is 26.0 Å². The number of aliphatic hydroxyl groups excluding tert-OH is 1. The van der Waals surface area contributed by atoms with Crippen LogP contribution in [-0.2, 0) is 16.4 Å². The van der Waals surface area contributed by atoms with E-state index in [9.17, 15) is 8.42 Å². The molecule has 6 nitrogen and oxygen atoms in total. The summed E-state index contributed by atoms with van der Waals surface area (Å²) in [6, 6.07) is 5.57. The van der Waals surface area contributed by atoms with E-state index in [-0.39, 0.29) is 18.7 Å². The average molecular weight is 414 g/mol. The van der Waals surface area contributed by atoms with Gasteiger partial charge in [-0.15, -0.1) is 0 Å². The molecule has 2 atom stereocenters. The number of aromatic nitrogens is 1. The summed E-state index contributed by atoms with van der Waals surface area (Å²) in [7, 11) is -1.68. The van der Waals surface area contributed by atoms with Gasteiger partial charge in [-0.25, -0.2) is 17.7 Å². The predicted octanol–water partition coefficient (Wildman–Crippen LogP) is 3.28. The molecule has 0 saturated carbocycles. The average Bonchev–Trinajstić information content (AvgIpc) is 2.61. The summed E-state index contributed by atoms with van der Waals surface area (Å²) < 4.78 is 25.0.